The van der Waals surface area contributed by atoms with Gasteiger partial charge in [0, 0.05) is 19.3 Å². The Morgan fingerprint density at radius 2 is 0.737 bits per heavy atom. The molecule has 0 saturated carbocycles. The van der Waals surface area contributed by atoms with Crippen LogP contribution in [0.25, 0.3) is 0 Å². The van der Waals surface area contributed by atoms with Gasteiger partial charge in [0.25, 0.3) is 0 Å². The van der Waals surface area contributed by atoms with Crippen LogP contribution in [-0.4, -0.2) is 37.2 Å². The molecular formula is C51H80O6. The molecule has 1 unspecified atom stereocenters. The third kappa shape index (κ3) is 43.0. The fraction of sp³-hybridized carbons (Fsp3) is 0.588. The lowest BCUT2D eigenvalue weighted by Crippen LogP contribution is -2.30. The minimum atomic E-state index is -0.821. The third-order valence-electron chi connectivity index (χ3n) is 8.77. The first-order valence-electron chi connectivity index (χ1n) is 22.4. The molecule has 0 rings (SSSR count). The molecule has 6 heteroatoms. The number of esters is 3. The van der Waals surface area contributed by atoms with E-state index in [2.05, 4.69) is 130 Å². The summed E-state index contributed by atoms with van der Waals surface area (Å²) >= 11 is 0. The Hall–Kier alpha value is -3.93. The molecule has 57 heavy (non-hydrogen) atoms. The van der Waals surface area contributed by atoms with Gasteiger partial charge in [-0.3, -0.25) is 14.4 Å². The van der Waals surface area contributed by atoms with Crippen LogP contribution in [0.1, 0.15) is 175 Å². The van der Waals surface area contributed by atoms with Gasteiger partial charge in [-0.1, -0.05) is 156 Å². The lowest BCUT2D eigenvalue weighted by atomic mass is 10.1. The normalized spacial score (nSPS) is 13.1. The molecule has 0 amide bonds. The van der Waals surface area contributed by atoms with Crippen molar-refractivity contribution in [1.29, 1.82) is 0 Å². The minimum Gasteiger partial charge on any atom is -0.462 e. The van der Waals surface area contributed by atoms with Crippen molar-refractivity contribution in [2.45, 2.75) is 181 Å². The van der Waals surface area contributed by atoms with E-state index in [-0.39, 0.29) is 37.5 Å². The smallest absolute Gasteiger partial charge is 0.306 e. The van der Waals surface area contributed by atoms with Gasteiger partial charge in [-0.05, 0) is 109 Å². The van der Waals surface area contributed by atoms with Crippen molar-refractivity contribution >= 4 is 17.9 Å². The van der Waals surface area contributed by atoms with Crippen molar-refractivity contribution in [3.05, 3.63) is 109 Å². The molecule has 0 heterocycles. The first-order chi connectivity index (χ1) is 28.0. The van der Waals surface area contributed by atoms with E-state index < -0.39 is 6.10 Å². The van der Waals surface area contributed by atoms with Crippen molar-refractivity contribution in [2.75, 3.05) is 13.2 Å². The van der Waals surface area contributed by atoms with Gasteiger partial charge >= 0.3 is 17.9 Å². The fourth-order valence-electron chi connectivity index (χ4n) is 5.42. The van der Waals surface area contributed by atoms with Gasteiger partial charge in [-0.2, -0.15) is 0 Å². The Labute approximate surface area is 349 Å². The fourth-order valence-corrected chi connectivity index (χ4v) is 5.42. The number of hydrogen-bond donors (Lipinski definition) is 0. The number of ether oxygens (including phenoxy) is 3. The number of carbonyl (C=O) groups is 3. The van der Waals surface area contributed by atoms with Gasteiger partial charge < -0.3 is 14.2 Å². The average Bonchev–Trinajstić information content (AvgIpc) is 3.21. The highest BCUT2D eigenvalue weighted by Crippen LogP contribution is 2.10. The van der Waals surface area contributed by atoms with E-state index in [1.807, 2.05) is 0 Å². The Morgan fingerprint density at radius 3 is 1.18 bits per heavy atom. The van der Waals surface area contributed by atoms with Crippen LogP contribution in [0.3, 0.4) is 0 Å². The number of allylic oxidation sites excluding steroid dienone is 18. The standard InChI is InChI=1S/C51H80O6/c1-4-7-10-13-16-19-22-24-25-26-27-30-32-35-38-41-44-50(53)56-47-48(46-55-49(52)43-40-37-34-31-28-21-18-15-12-9-6-3)57-51(54)45-42-39-36-33-29-23-20-17-14-11-8-5-2/h7-8,10-11,15-21,24-25,27-30,33,48H,4-6,9,12-14,22-23,26,31-32,34-47H2,1-3H3/b10-7-,11-8-,18-15-,19-16-,20-17-,25-24-,28-21-,30-27-,33-29-. The van der Waals surface area contributed by atoms with E-state index in [1.165, 1.54) is 12.8 Å². The molecule has 0 aliphatic carbocycles. The molecule has 320 valence electrons. The zero-order valence-corrected chi connectivity index (χ0v) is 36.3. The van der Waals surface area contributed by atoms with Crippen LogP contribution in [0.4, 0.5) is 0 Å². The Balaban J connectivity index is 4.54. The van der Waals surface area contributed by atoms with Crippen molar-refractivity contribution in [3.63, 3.8) is 0 Å². The lowest BCUT2D eigenvalue weighted by molar-refractivity contribution is -0.167. The molecule has 0 aromatic carbocycles. The molecular weight excluding hydrogens is 709 g/mol. The van der Waals surface area contributed by atoms with Crippen LogP contribution in [0.15, 0.2) is 109 Å². The molecule has 0 spiro atoms. The summed E-state index contributed by atoms with van der Waals surface area (Å²) in [6.07, 6.45) is 59.3. The number of rotatable bonds is 38. The zero-order chi connectivity index (χ0) is 41.5. The molecule has 6 nitrogen and oxygen atoms in total. The van der Waals surface area contributed by atoms with Gasteiger partial charge in [0.05, 0.1) is 0 Å². The number of carbonyl (C=O) groups excluding carboxylic acids is 3. The average molecular weight is 789 g/mol. The van der Waals surface area contributed by atoms with E-state index in [4.69, 9.17) is 14.2 Å². The minimum absolute atomic E-state index is 0.121. The zero-order valence-electron chi connectivity index (χ0n) is 36.3. The first-order valence-corrected chi connectivity index (χ1v) is 22.4. The summed E-state index contributed by atoms with van der Waals surface area (Å²) in [6, 6.07) is 0. The molecule has 0 aromatic heterocycles. The van der Waals surface area contributed by atoms with Gasteiger partial charge in [-0.15, -0.1) is 0 Å². The SMILES string of the molecule is CC/C=C\C/C=C\C/C=C\C/C=C\CCCCCC(=O)OCC(COC(=O)CCCCC/C=C\C=C/CCCC)OC(=O)CCCC/C=C\C/C=C\C/C=C\CC. The Morgan fingerprint density at radius 1 is 0.386 bits per heavy atom. The summed E-state index contributed by atoms with van der Waals surface area (Å²) in [5, 5.41) is 0. The largest absolute Gasteiger partial charge is 0.462 e. The summed E-state index contributed by atoms with van der Waals surface area (Å²) < 4.78 is 16.6. The van der Waals surface area contributed by atoms with Crippen molar-refractivity contribution in [3.8, 4) is 0 Å². The highest BCUT2D eigenvalue weighted by molar-refractivity contribution is 5.71. The summed E-state index contributed by atoms with van der Waals surface area (Å²) in [7, 11) is 0. The summed E-state index contributed by atoms with van der Waals surface area (Å²) in [5.41, 5.74) is 0. The van der Waals surface area contributed by atoms with E-state index >= 15 is 0 Å². The summed E-state index contributed by atoms with van der Waals surface area (Å²) in [5.74, 6) is -1.03. The van der Waals surface area contributed by atoms with E-state index in [1.54, 1.807) is 0 Å². The van der Waals surface area contributed by atoms with Gasteiger partial charge in [-0.25, -0.2) is 0 Å². The third-order valence-corrected chi connectivity index (χ3v) is 8.77. The van der Waals surface area contributed by atoms with Crippen LogP contribution in [-0.2, 0) is 28.6 Å². The molecule has 0 aliphatic rings. The van der Waals surface area contributed by atoms with Crippen molar-refractivity contribution < 1.29 is 28.6 Å². The maximum atomic E-state index is 12.7. The second kappa shape index (κ2) is 44.8. The molecule has 0 N–H and O–H groups in total. The monoisotopic (exact) mass is 789 g/mol. The highest BCUT2D eigenvalue weighted by atomic mass is 16.6. The molecule has 0 radical (unpaired) electrons. The summed E-state index contributed by atoms with van der Waals surface area (Å²) in [4.78, 5) is 37.7. The van der Waals surface area contributed by atoms with Crippen LogP contribution < -0.4 is 0 Å². The Kier molecular flexibility index (Phi) is 41.7. The quantitative estimate of drug-likeness (QED) is 0.0204. The maximum absolute atomic E-state index is 12.7. The van der Waals surface area contributed by atoms with Gasteiger partial charge in [0.1, 0.15) is 13.2 Å². The Bertz CT molecular complexity index is 1230. The second-order valence-corrected chi connectivity index (χ2v) is 14.2. The van der Waals surface area contributed by atoms with Crippen LogP contribution in [0.2, 0.25) is 0 Å². The van der Waals surface area contributed by atoms with Crippen molar-refractivity contribution in [1.82, 2.24) is 0 Å². The molecule has 0 bridgehead atoms. The van der Waals surface area contributed by atoms with E-state index in [0.717, 1.165) is 116 Å². The molecule has 0 fully saturated rings. The number of hydrogen-bond acceptors (Lipinski definition) is 6. The number of unbranched alkanes of at least 4 members (excludes halogenated alkanes) is 10. The van der Waals surface area contributed by atoms with Gasteiger partial charge in [0.2, 0.25) is 0 Å². The first kappa shape index (κ1) is 53.1. The van der Waals surface area contributed by atoms with E-state index in [0.29, 0.717) is 19.3 Å². The van der Waals surface area contributed by atoms with Crippen LogP contribution in [0, 0.1) is 0 Å². The molecule has 0 aromatic rings. The van der Waals surface area contributed by atoms with Crippen LogP contribution >= 0.6 is 0 Å². The van der Waals surface area contributed by atoms with Crippen LogP contribution in [0.5, 0.6) is 0 Å². The lowest BCUT2D eigenvalue weighted by Gasteiger charge is -2.18. The molecule has 1 atom stereocenters. The maximum Gasteiger partial charge on any atom is 0.306 e. The predicted octanol–water partition coefficient (Wildman–Crippen LogP) is 14.4. The summed E-state index contributed by atoms with van der Waals surface area (Å²) in [6.45, 7) is 6.23. The van der Waals surface area contributed by atoms with Gasteiger partial charge in [0.15, 0.2) is 6.10 Å². The predicted molar refractivity (Wildman–Crippen MR) is 242 cm³/mol. The molecule has 0 aliphatic heterocycles. The topological polar surface area (TPSA) is 78.9 Å². The van der Waals surface area contributed by atoms with E-state index in [9.17, 15) is 14.4 Å². The highest BCUT2D eigenvalue weighted by Gasteiger charge is 2.19. The molecule has 0 saturated heterocycles. The second-order valence-electron chi connectivity index (χ2n) is 14.2. The van der Waals surface area contributed by atoms with Crippen molar-refractivity contribution in [2.24, 2.45) is 0 Å².